The Morgan fingerprint density at radius 1 is 1.45 bits per heavy atom. The molecule has 0 rings (SSSR count). The quantitative estimate of drug-likeness (QED) is 0.577. The summed E-state index contributed by atoms with van der Waals surface area (Å²) in [7, 11) is 1.33. The van der Waals surface area contributed by atoms with E-state index in [-0.39, 0.29) is 17.7 Å². The number of hydrogen-bond donors (Lipinski definition) is 0. The fourth-order valence-electron chi connectivity index (χ4n) is 0.770. The highest BCUT2D eigenvalue weighted by Crippen LogP contribution is 2.05. The highest BCUT2D eigenvalue weighted by Gasteiger charge is 2.15. The summed E-state index contributed by atoms with van der Waals surface area (Å²) in [6.07, 6.45) is 0.782. The number of methoxy groups -OCH3 is 1. The van der Waals surface area contributed by atoms with Crippen LogP contribution in [0.4, 0.5) is 0 Å². The van der Waals surface area contributed by atoms with E-state index in [0.29, 0.717) is 12.8 Å². The molecule has 3 heteroatoms. The predicted octanol–water partition coefficient (Wildman–Crippen LogP) is 1.16. The molecule has 0 fully saturated rings. The van der Waals surface area contributed by atoms with Crippen LogP contribution in [0.1, 0.15) is 26.7 Å². The third-order valence-electron chi connectivity index (χ3n) is 1.53. The molecule has 0 aromatic carbocycles. The predicted molar refractivity (Wildman–Crippen MR) is 41.1 cm³/mol. The van der Waals surface area contributed by atoms with Crippen LogP contribution in [0.25, 0.3) is 0 Å². The summed E-state index contributed by atoms with van der Waals surface area (Å²) in [6.45, 7) is 3.48. The second-order valence-corrected chi connectivity index (χ2v) is 2.52. The maximum Gasteiger partial charge on any atom is 0.308 e. The second kappa shape index (κ2) is 4.88. The van der Waals surface area contributed by atoms with Gasteiger partial charge in [0, 0.05) is 12.8 Å². The van der Waals surface area contributed by atoms with Crippen LogP contribution in [0, 0.1) is 5.92 Å². The van der Waals surface area contributed by atoms with Crippen molar-refractivity contribution in [1.29, 1.82) is 0 Å². The molecule has 0 spiro atoms. The van der Waals surface area contributed by atoms with Crippen molar-refractivity contribution in [2.75, 3.05) is 7.11 Å². The van der Waals surface area contributed by atoms with E-state index in [1.54, 1.807) is 13.8 Å². The van der Waals surface area contributed by atoms with Crippen molar-refractivity contribution in [3.63, 3.8) is 0 Å². The first-order valence-corrected chi connectivity index (χ1v) is 3.71. The van der Waals surface area contributed by atoms with Crippen LogP contribution in [0.5, 0.6) is 0 Å². The lowest BCUT2D eigenvalue weighted by molar-refractivity contribution is -0.146. The van der Waals surface area contributed by atoms with Gasteiger partial charge < -0.3 is 4.74 Å². The molecule has 0 aliphatic rings. The maximum absolute atomic E-state index is 10.8. The first-order chi connectivity index (χ1) is 5.11. The van der Waals surface area contributed by atoms with E-state index in [1.165, 1.54) is 7.11 Å². The minimum absolute atomic E-state index is 0.0999. The number of carbonyl (C=O) groups is 2. The van der Waals surface area contributed by atoms with E-state index in [2.05, 4.69) is 4.74 Å². The van der Waals surface area contributed by atoms with E-state index in [1.807, 2.05) is 0 Å². The van der Waals surface area contributed by atoms with Crippen LogP contribution in [0.15, 0.2) is 0 Å². The van der Waals surface area contributed by atoms with Crippen LogP contribution in [-0.2, 0) is 14.3 Å². The van der Waals surface area contributed by atoms with Crippen molar-refractivity contribution in [1.82, 2.24) is 0 Å². The second-order valence-electron chi connectivity index (χ2n) is 2.52. The van der Waals surface area contributed by atoms with Gasteiger partial charge in [-0.3, -0.25) is 9.59 Å². The van der Waals surface area contributed by atoms with Gasteiger partial charge in [-0.05, 0) is 0 Å². The van der Waals surface area contributed by atoms with E-state index in [9.17, 15) is 9.59 Å². The molecule has 11 heavy (non-hydrogen) atoms. The zero-order valence-corrected chi connectivity index (χ0v) is 7.22. The largest absolute Gasteiger partial charge is 0.469 e. The Labute approximate surface area is 66.7 Å². The van der Waals surface area contributed by atoms with Crippen LogP contribution >= 0.6 is 0 Å². The van der Waals surface area contributed by atoms with Gasteiger partial charge in [0.1, 0.15) is 5.78 Å². The van der Waals surface area contributed by atoms with Crippen molar-refractivity contribution in [2.24, 2.45) is 5.92 Å². The SMILES string of the molecule is CCC(=O)C[C@@H](C)C(=O)OC. The Balaban J connectivity index is 3.77. The monoisotopic (exact) mass is 158 g/mol. The molecular formula is C8H14O3. The van der Waals surface area contributed by atoms with Gasteiger partial charge in [0.25, 0.3) is 0 Å². The van der Waals surface area contributed by atoms with Crippen molar-refractivity contribution < 1.29 is 14.3 Å². The maximum atomic E-state index is 10.8. The van der Waals surface area contributed by atoms with Crippen molar-refractivity contribution in [3.05, 3.63) is 0 Å². The molecule has 64 valence electrons. The zero-order chi connectivity index (χ0) is 8.85. The van der Waals surface area contributed by atoms with Gasteiger partial charge in [-0.2, -0.15) is 0 Å². The zero-order valence-electron chi connectivity index (χ0n) is 7.22. The molecule has 0 amide bonds. The molecule has 0 bridgehead atoms. The number of ether oxygens (including phenoxy) is 1. The van der Waals surface area contributed by atoms with Gasteiger partial charge in [0.05, 0.1) is 13.0 Å². The molecule has 3 nitrogen and oxygen atoms in total. The van der Waals surface area contributed by atoms with E-state index < -0.39 is 0 Å². The molecule has 0 N–H and O–H groups in total. The fourth-order valence-corrected chi connectivity index (χ4v) is 0.770. The molecule has 0 aliphatic heterocycles. The van der Waals surface area contributed by atoms with Gasteiger partial charge in [0.15, 0.2) is 0 Å². The minimum atomic E-state index is -0.313. The van der Waals surface area contributed by atoms with Crippen LogP contribution in [0.2, 0.25) is 0 Å². The lowest BCUT2D eigenvalue weighted by Gasteiger charge is -2.05. The third kappa shape index (κ3) is 3.75. The third-order valence-corrected chi connectivity index (χ3v) is 1.53. The first-order valence-electron chi connectivity index (χ1n) is 3.71. The number of Topliss-reactive ketones (excluding diaryl/α,β-unsaturated/α-hetero) is 1. The molecule has 0 aromatic heterocycles. The van der Waals surface area contributed by atoms with Crippen molar-refractivity contribution in [2.45, 2.75) is 26.7 Å². The van der Waals surface area contributed by atoms with Crippen LogP contribution in [-0.4, -0.2) is 18.9 Å². The van der Waals surface area contributed by atoms with Gasteiger partial charge in [-0.25, -0.2) is 0 Å². The molecule has 0 unspecified atom stereocenters. The fraction of sp³-hybridized carbons (Fsp3) is 0.750. The standard InChI is InChI=1S/C8H14O3/c1-4-7(9)5-6(2)8(10)11-3/h6H,4-5H2,1-3H3/t6-/m1/s1. The Kier molecular flexibility index (Phi) is 4.50. The number of esters is 1. The van der Waals surface area contributed by atoms with Crippen LogP contribution in [0.3, 0.4) is 0 Å². The Hall–Kier alpha value is -0.860. The normalized spacial score (nSPS) is 12.3. The smallest absolute Gasteiger partial charge is 0.308 e. The summed E-state index contributed by atoms with van der Waals surface area (Å²) >= 11 is 0. The van der Waals surface area contributed by atoms with E-state index in [0.717, 1.165) is 0 Å². The molecule has 0 aromatic rings. The lowest BCUT2D eigenvalue weighted by atomic mass is 10.0. The molecule has 0 saturated heterocycles. The number of rotatable bonds is 4. The number of hydrogen-bond acceptors (Lipinski definition) is 3. The molecule has 0 radical (unpaired) electrons. The minimum Gasteiger partial charge on any atom is -0.469 e. The van der Waals surface area contributed by atoms with Gasteiger partial charge in [-0.1, -0.05) is 13.8 Å². The molecule has 0 aliphatic carbocycles. The lowest BCUT2D eigenvalue weighted by Crippen LogP contribution is -2.16. The molecular weight excluding hydrogens is 144 g/mol. The van der Waals surface area contributed by atoms with Crippen molar-refractivity contribution in [3.8, 4) is 0 Å². The van der Waals surface area contributed by atoms with Crippen LogP contribution < -0.4 is 0 Å². The summed E-state index contributed by atoms with van der Waals surface area (Å²) in [4.78, 5) is 21.6. The molecule has 0 heterocycles. The summed E-state index contributed by atoms with van der Waals surface area (Å²) in [6, 6.07) is 0. The first kappa shape index (κ1) is 10.1. The summed E-state index contributed by atoms with van der Waals surface area (Å²) in [5.41, 5.74) is 0. The van der Waals surface area contributed by atoms with Gasteiger partial charge in [0.2, 0.25) is 0 Å². The summed E-state index contributed by atoms with van der Waals surface area (Å²) in [5.74, 6) is -0.512. The number of ketones is 1. The molecule has 0 saturated carbocycles. The average molecular weight is 158 g/mol. The average Bonchev–Trinajstić information content (AvgIpc) is 2.02. The van der Waals surface area contributed by atoms with E-state index in [4.69, 9.17) is 0 Å². The van der Waals surface area contributed by atoms with Gasteiger partial charge in [-0.15, -0.1) is 0 Å². The Bertz CT molecular complexity index is 151. The van der Waals surface area contributed by atoms with E-state index >= 15 is 0 Å². The summed E-state index contributed by atoms with van der Waals surface area (Å²) in [5, 5.41) is 0. The van der Waals surface area contributed by atoms with Crippen molar-refractivity contribution >= 4 is 11.8 Å². The number of carbonyl (C=O) groups excluding carboxylic acids is 2. The summed E-state index contributed by atoms with van der Waals surface area (Å²) < 4.78 is 4.47. The van der Waals surface area contributed by atoms with Gasteiger partial charge >= 0.3 is 5.97 Å². The highest BCUT2D eigenvalue weighted by molar-refractivity contribution is 5.83. The molecule has 1 atom stereocenters. The topological polar surface area (TPSA) is 43.4 Å². The highest BCUT2D eigenvalue weighted by atomic mass is 16.5. The Morgan fingerprint density at radius 3 is 2.36 bits per heavy atom. The Morgan fingerprint density at radius 2 is 2.00 bits per heavy atom.